The minimum absolute atomic E-state index is 0.165. The van der Waals surface area contributed by atoms with Crippen molar-refractivity contribution in [2.75, 3.05) is 19.0 Å². The third-order valence-electron chi connectivity index (χ3n) is 3.02. The third kappa shape index (κ3) is 4.12. The Morgan fingerprint density at radius 2 is 2.09 bits per heavy atom. The molecular weight excluding hydrogens is 284 g/mol. The van der Waals surface area contributed by atoms with Crippen molar-refractivity contribution in [1.29, 1.82) is 0 Å². The summed E-state index contributed by atoms with van der Waals surface area (Å²) < 4.78 is 10.2. The van der Waals surface area contributed by atoms with Gasteiger partial charge in [-0.05, 0) is 36.2 Å². The summed E-state index contributed by atoms with van der Waals surface area (Å²) in [4.78, 5) is 22.9. The smallest absolute Gasteiger partial charge is 0.286 e. The first-order chi connectivity index (χ1) is 10.6. The Hall–Kier alpha value is -2.76. The van der Waals surface area contributed by atoms with Gasteiger partial charge in [0.1, 0.15) is 5.75 Å². The van der Waals surface area contributed by atoms with Crippen molar-refractivity contribution in [1.82, 2.24) is 5.32 Å². The SMILES string of the molecule is COc1ccc(CCNC(=O)c2ccco2)cc1NC(C)=O. The van der Waals surface area contributed by atoms with E-state index in [2.05, 4.69) is 10.6 Å². The number of methoxy groups -OCH3 is 1. The Morgan fingerprint density at radius 3 is 2.73 bits per heavy atom. The predicted octanol–water partition coefficient (Wildman–Crippen LogP) is 2.22. The average molecular weight is 302 g/mol. The molecule has 0 fully saturated rings. The number of nitrogens with one attached hydrogen (secondary N) is 2. The maximum atomic E-state index is 11.7. The maximum absolute atomic E-state index is 11.7. The number of anilines is 1. The fourth-order valence-corrected chi connectivity index (χ4v) is 2.01. The van der Waals surface area contributed by atoms with E-state index in [1.165, 1.54) is 13.2 Å². The molecule has 0 radical (unpaired) electrons. The minimum atomic E-state index is -0.249. The summed E-state index contributed by atoms with van der Waals surface area (Å²) in [6, 6.07) is 8.78. The van der Waals surface area contributed by atoms with Crippen molar-refractivity contribution in [2.24, 2.45) is 0 Å². The summed E-state index contributed by atoms with van der Waals surface area (Å²) in [6.07, 6.45) is 2.08. The lowest BCUT2D eigenvalue weighted by Gasteiger charge is -2.11. The highest BCUT2D eigenvalue weighted by Crippen LogP contribution is 2.25. The van der Waals surface area contributed by atoms with E-state index in [1.807, 2.05) is 12.1 Å². The molecule has 0 bridgehead atoms. The van der Waals surface area contributed by atoms with Gasteiger partial charge in [-0.1, -0.05) is 6.07 Å². The van der Waals surface area contributed by atoms with E-state index in [0.717, 1.165) is 5.56 Å². The third-order valence-corrected chi connectivity index (χ3v) is 3.02. The number of benzene rings is 1. The molecule has 0 saturated carbocycles. The molecule has 6 nitrogen and oxygen atoms in total. The summed E-state index contributed by atoms with van der Waals surface area (Å²) >= 11 is 0. The van der Waals surface area contributed by atoms with Gasteiger partial charge in [-0.2, -0.15) is 0 Å². The molecule has 0 spiro atoms. The zero-order chi connectivity index (χ0) is 15.9. The zero-order valence-corrected chi connectivity index (χ0v) is 12.5. The number of hydrogen-bond acceptors (Lipinski definition) is 4. The van der Waals surface area contributed by atoms with E-state index in [1.54, 1.807) is 25.3 Å². The molecular formula is C16H18N2O4. The van der Waals surface area contributed by atoms with Gasteiger partial charge in [0, 0.05) is 13.5 Å². The van der Waals surface area contributed by atoms with E-state index in [4.69, 9.17) is 9.15 Å². The van der Waals surface area contributed by atoms with Crippen LogP contribution in [0.25, 0.3) is 0 Å². The van der Waals surface area contributed by atoms with Crippen LogP contribution in [0.5, 0.6) is 5.75 Å². The highest BCUT2D eigenvalue weighted by Gasteiger charge is 2.09. The molecule has 2 rings (SSSR count). The van der Waals surface area contributed by atoms with Gasteiger partial charge in [0.15, 0.2) is 5.76 Å². The van der Waals surface area contributed by atoms with E-state index in [0.29, 0.717) is 24.4 Å². The number of hydrogen-bond donors (Lipinski definition) is 2. The fourth-order valence-electron chi connectivity index (χ4n) is 2.01. The molecule has 116 valence electrons. The molecule has 2 aromatic rings. The van der Waals surface area contributed by atoms with Crippen molar-refractivity contribution in [3.05, 3.63) is 47.9 Å². The van der Waals surface area contributed by atoms with Gasteiger partial charge in [0.25, 0.3) is 5.91 Å². The van der Waals surface area contributed by atoms with Crippen LogP contribution in [0.2, 0.25) is 0 Å². The minimum Gasteiger partial charge on any atom is -0.495 e. The molecule has 6 heteroatoms. The summed E-state index contributed by atoms with van der Waals surface area (Å²) in [5.41, 5.74) is 1.59. The normalized spacial score (nSPS) is 10.1. The highest BCUT2D eigenvalue weighted by molar-refractivity contribution is 5.91. The zero-order valence-electron chi connectivity index (χ0n) is 12.5. The van der Waals surface area contributed by atoms with Gasteiger partial charge in [-0.15, -0.1) is 0 Å². The highest BCUT2D eigenvalue weighted by atomic mass is 16.5. The summed E-state index contributed by atoms with van der Waals surface area (Å²) in [6.45, 7) is 1.90. The topological polar surface area (TPSA) is 80.6 Å². The number of furan rings is 1. The van der Waals surface area contributed by atoms with E-state index in [-0.39, 0.29) is 17.6 Å². The van der Waals surface area contributed by atoms with Crippen molar-refractivity contribution in [3.63, 3.8) is 0 Å². The van der Waals surface area contributed by atoms with Crippen LogP contribution >= 0.6 is 0 Å². The number of amides is 2. The summed E-state index contributed by atoms with van der Waals surface area (Å²) in [5, 5.41) is 5.49. The van der Waals surface area contributed by atoms with Gasteiger partial charge in [0.05, 0.1) is 19.1 Å². The van der Waals surface area contributed by atoms with Gasteiger partial charge in [-0.25, -0.2) is 0 Å². The lowest BCUT2D eigenvalue weighted by Crippen LogP contribution is -2.25. The van der Waals surface area contributed by atoms with E-state index < -0.39 is 0 Å². The number of carbonyl (C=O) groups excluding carboxylic acids is 2. The molecule has 1 aromatic carbocycles. The van der Waals surface area contributed by atoms with Gasteiger partial charge in [-0.3, -0.25) is 9.59 Å². The number of rotatable bonds is 6. The maximum Gasteiger partial charge on any atom is 0.286 e. The molecule has 0 aliphatic heterocycles. The molecule has 22 heavy (non-hydrogen) atoms. The Morgan fingerprint density at radius 1 is 1.27 bits per heavy atom. The van der Waals surface area contributed by atoms with Gasteiger partial charge in [0.2, 0.25) is 5.91 Å². The van der Waals surface area contributed by atoms with Crippen LogP contribution in [0.15, 0.2) is 41.0 Å². The lowest BCUT2D eigenvalue weighted by atomic mass is 10.1. The largest absolute Gasteiger partial charge is 0.495 e. The molecule has 0 saturated heterocycles. The number of carbonyl (C=O) groups is 2. The van der Waals surface area contributed by atoms with Crippen LogP contribution < -0.4 is 15.4 Å². The average Bonchev–Trinajstić information content (AvgIpc) is 3.01. The first-order valence-corrected chi connectivity index (χ1v) is 6.86. The van der Waals surface area contributed by atoms with E-state index >= 15 is 0 Å². The van der Waals surface area contributed by atoms with Gasteiger partial charge < -0.3 is 19.8 Å². The summed E-state index contributed by atoms with van der Waals surface area (Å²) in [7, 11) is 1.55. The Kier molecular flexibility index (Phi) is 5.19. The Balaban J connectivity index is 1.95. The Bertz CT molecular complexity index is 650. The fraction of sp³-hybridized carbons (Fsp3) is 0.250. The molecule has 1 heterocycles. The molecule has 2 amide bonds. The second-order valence-electron chi connectivity index (χ2n) is 4.70. The monoisotopic (exact) mass is 302 g/mol. The van der Waals surface area contributed by atoms with Crippen molar-refractivity contribution >= 4 is 17.5 Å². The molecule has 0 aliphatic carbocycles. The van der Waals surface area contributed by atoms with Crippen LogP contribution in [0.3, 0.4) is 0 Å². The van der Waals surface area contributed by atoms with Crippen molar-refractivity contribution in [3.8, 4) is 5.75 Å². The molecule has 0 atom stereocenters. The standard InChI is InChI=1S/C16H18N2O4/c1-11(19)18-13-10-12(5-6-14(13)21-2)7-8-17-16(20)15-4-3-9-22-15/h3-6,9-10H,7-8H2,1-2H3,(H,17,20)(H,18,19). The lowest BCUT2D eigenvalue weighted by molar-refractivity contribution is -0.114. The van der Waals surface area contributed by atoms with Crippen LogP contribution in [0.4, 0.5) is 5.69 Å². The second kappa shape index (κ2) is 7.31. The molecule has 0 aliphatic rings. The summed E-state index contributed by atoms with van der Waals surface area (Å²) in [5.74, 6) is 0.467. The van der Waals surface area contributed by atoms with Crippen molar-refractivity contribution in [2.45, 2.75) is 13.3 Å². The van der Waals surface area contributed by atoms with Crippen LogP contribution in [-0.4, -0.2) is 25.5 Å². The van der Waals surface area contributed by atoms with Crippen LogP contribution in [-0.2, 0) is 11.2 Å². The molecule has 1 aromatic heterocycles. The molecule has 2 N–H and O–H groups in total. The molecule has 0 unspecified atom stereocenters. The first-order valence-electron chi connectivity index (χ1n) is 6.86. The number of ether oxygens (including phenoxy) is 1. The quantitative estimate of drug-likeness (QED) is 0.857. The van der Waals surface area contributed by atoms with Crippen molar-refractivity contribution < 1.29 is 18.7 Å². The van der Waals surface area contributed by atoms with E-state index in [9.17, 15) is 9.59 Å². The van der Waals surface area contributed by atoms with Crippen LogP contribution in [0, 0.1) is 0 Å². The van der Waals surface area contributed by atoms with Crippen LogP contribution in [0.1, 0.15) is 23.0 Å². The first kappa shape index (κ1) is 15.6. The van der Waals surface area contributed by atoms with Gasteiger partial charge >= 0.3 is 0 Å². The Labute approximate surface area is 128 Å². The second-order valence-corrected chi connectivity index (χ2v) is 4.70. The predicted molar refractivity (Wildman–Crippen MR) is 82.0 cm³/mol.